The first-order chi connectivity index (χ1) is 23.9. The van der Waals surface area contributed by atoms with Gasteiger partial charge in [-0.1, -0.05) is 65.6 Å². The minimum absolute atomic E-state index is 0. The second kappa shape index (κ2) is 17.9. The zero-order chi connectivity index (χ0) is 36.1. The number of hydrogen-bond acceptors (Lipinski definition) is 2. The van der Waals surface area contributed by atoms with Crippen molar-refractivity contribution in [2.75, 3.05) is 14.2 Å². The zero-order valence-electron chi connectivity index (χ0n) is 31.6. The molecule has 2 nitrogen and oxygen atoms in total. The molecule has 6 aromatic carbocycles. The van der Waals surface area contributed by atoms with Gasteiger partial charge >= 0.3 is 17.1 Å². The third-order valence-corrected chi connectivity index (χ3v) is 14.0. The molecule has 0 aliphatic rings. The van der Waals surface area contributed by atoms with E-state index < -0.39 is 15.8 Å². The summed E-state index contributed by atoms with van der Waals surface area (Å²) in [6.07, 6.45) is 0. The molecule has 0 heterocycles. The fourth-order valence-corrected chi connectivity index (χ4v) is 13.2. The Hall–Kier alpha value is -3.44. The molecule has 0 amide bonds. The SMILES string of the molecule is COc1c(C)cc(P(c2cc(C)c(OC)c(C)c2)[c-]2cc[c-]c2[C@@H](C)P(c2cc(C)cc(C)c2)c2cc(C)cc(C)c2)cc1C.[Fe+2].[c-]1[c-][c-][cH-][c-]1. The summed E-state index contributed by atoms with van der Waals surface area (Å²) in [5.41, 5.74) is 11.5. The first-order valence-corrected chi connectivity index (χ1v) is 19.7. The van der Waals surface area contributed by atoms with Crippen molar-refractivity contribution in [2.24, 2.45) is 0 Å². The van der Waals surface area contributed by atoms with Crippen molar-refractivity contribution in [2.45, 2.75) is 68.0 Å². The summed E-state index contributed by atoms with van der Waals surface area (Å²) in [7, 11) is 1.94. The van der Waals surface area contributed by atoms with Crippen LogP contribution in [0.15, 0.2) is 78.9 Å². The molecule has 0 saturated heterocycles. The molecule has 0 aliphatic heterocycles. The van der Waals surface area contributed by atoms with Crippen molar-refractivity contribution in [3.05, 3.63) is 159 Å². The Labute approximate surface area is 320 Å². The number of hydrogen-bond donors (Lipinski definition) is 0. The molecule has 0 bridgehead atoms. The molecule has 0 unspecified atom stereocenters. The minimum atomic E-state index is -0.881. The predicted molar refractivity (Wildman–Crippen MR) is 215 cm³/mol. The van der Waals surface area contributed by atoms with Gasteiger partial charge in [-0.2, -0.15) is 0 Å². The molecule has 0 saturated carbocycles. The molecule has 0 aromatic heterocycles. The molecule has 0 N–H and O–H groups in total. The molecule has 51 heavy (non-hydrogen) atoms. The van der Waals surface area contributed by atoms with Crippen LogP contribution < -0.4 is 36.0 Å². The van der Waals surface area contributed by atoms with Crippen LogP contribution in [0, 0.1) is 85.7 Å². The van der Waals surface area contributed by atoms with E-state index in [1.54, 1.807) is 20.3 Å². The Bertz CT molecular complexity index is 1840. The topological polar surface area (TPSA) is 18.5 Å². The van der Waals surface area contributed by atoms with Gasteiger partial charge in [-0.25, -0.2) is 5.30 Å². The summed E-state index contributed by atoms with van der Waals surface area (Å²) < 4.78 is 11.6. The average Bonchev–Trinajstić information content (AvgIpc) is 3.77. The minimum Gasteiger partial charge on any atom is -0.999 e. The molecule has 6 aromatic rings. The summed E-state index contributed by atoms with van der Waals surface area (Å²) >= 11 is 0. The summed E-state index contributed by atoms with van der Waals surface area (Å²) in [6.45, 7) is 20.0. The number of methoxy groups -OCH3 is 2. The van der Waals surface area contributed by atoms with E-state index in [1.165, 1.54) is 76.6 Å². The van der Waals surface area contributed by atoms with Crippen molar-refractivity contribution < 1.29 is 26.5 Å². The average molecular weight is 750 g/mol. The van der Waals surface area contributed by atoms with E-state index in [9.17, 15) is 0 Å². The van der Waals surface area contributed by atoms with E-state index >= 15 is 0 Å². The van der Waals surface area contributed by atoms with Crippen LogP contribution in [0.1, 0.15) is 62.7 Å². The van der Waals surface area contributed by atoms with Crippen LogP contribution in [0.3, 0.4) is 0 Å². The number of rotatable bonds is 9. The van der Waals surface area contributed by atoms with E-state index in [0.29, 0.717) is 0 Å². The molecule has 266 valence electrons. The normalized spacial score (nSPS) is 11.5. The molecule has 1 atom stereocenters. The quantitative estimate of drug-likeness (QED) is 0.0834. The van der Waals surface area contributed by atoms with Gasteiger partial charge in [-0.15, -0.1) is 7.92 Å². The van der Waals surface area contributed by atoms with Gasteiger partial charge in [0, 0.05) is 0 Å². The van der Waals surface area contributed by atoms with Crippen LogP contribution in [-0.2, 0) is 17.1 Å². The van der Waals surface area contributed by atoms with Crippen molar-refractivity contribution in [3.63, 3.8) is 0 Å². The van der Waals surface area contributed by atoms with Gasteiger partial charge in [0.2, 0.25) is 0 Å². The number of aryl methyl sites for hydroxylation is 8. The maximum Gasteiger partial charge on any atom is 2.00 e. The largest absolute Gasteiger partial charge is 2.00 e. The van der Waals surface area contributed by atoms with Crippen molar-refractivity contribution in [1.29, 1.82) is 0 Å². The van der Waals surface area contributed by atoms with Crippen molar-refractivity contribution >= 4 is 42.4 Å². The first kappa shape index (κ1) is 40.3. The van der Waals surface area contributed by atoms with Crippen LogP contribution in [0.4, 0.5) is 0 Å². The fraction of sp³-hybridized carbons (Fsp3) is 0.261. The summed E-state index contributed by atoms with van der Waals surface area (Å²) in [6, 6.07) is 43.8. The van der Waals surface area contributed by atoms with E-state index in [4.69, 9.17) is 9.47 Å². The summed E-state index contributed by atoms with van der Waals surface area (Å²) in [5.74, 6) is 1.93. The molecular formula is C46H47FeO2P2-5. The van der Waals surface area contributed by atoms with Gasteiger partial charge in [-0.3, -0.25) is 11.6 Å². The van der Waals surface area contributed by atoms with Gasteiger partial charge < -0.3 is 51.9 Å². The number of benzene rings is 4. The maximum absolute atomic E-state index is 5.79. The summed E-state index contributed by atoms with van der Waals surface area (Å²) in [5, 5.41) is 6.90. The third-order valence-electron chi connectivity index (χ3n) is 8.94. The molecule has 5 heteroatoms. The first-order valence-electron chi connectivity index (χ1n) is 17.0. The van der Waals surface area contributed by atoms with E-state index in [1.807, 2.05) is 0 Å². The van der Waals surface area contributed by atoms with Crippen LogP contribution in [0.5, 0.6) is 11.5 Å². The molecular weight excluding hydrogens is 702 g/mol. The Kier molecular flexibility index (Phi) is 14.1. The summed E-state index contributed by atoms with van der Waals surface area (Å²) in [4.78, 5) is 0. The van der Waals surface area contributed by atoms with Crippen LogP contribution >= 0.6 is 15.8 Å². The van der Waals surface area contributed by atoms with E-state index in [-0.39, 0.29) is 22.7 Å². The van der Waals surface area contributed by atoms with Crippen molar-refractivity contribution in [3.8, 4) is 11.5 Å². The predicted octanol–water partition coefficient (Wildman–Crippen LogP) is 9.25. The van der Waals surface area contributed by atoms with Crippen molar-refractivity contribution in [1.82, 2.24) is 0 Å². The van der Waals surface area contributed by atoms with Gasteiger partial charge in [-0.05, 0) is 137 Å². The van der Waals surface area contributed by atoms with E-state index in [0.717, 1.165) is 11.5 Å². The Morgan fingerprint density at radius 3 is 1.31 bits per heavy atom. The molecule has 0 spiro atoms. The third kappa shape index (κ3) is 9.33. The second-order valence-electron chi connectivity index (χ2n) is 13.3. The van der Waals surface area contributed by atoms with Gasteiger partial charge in [0.15, 0.2) is 0 Å². The Morgan fingerprint density at radius 1 is 0.588 bits per heavy atom. The smallest absolute Gasteiger partial charge is 0.999 e. The van der Waals surface area contributed by atoms with Crippen LogP contribution in [0.25, 0.3) is 0 Å². The molecule has 0 fully saturated rings. The zero-order valence-corrected chi connectivity index (χ0v) is 34.5. The molecule has 0 aliphatic carbocycles. The Morgan fingerprint density at radius 2 is 0.980 bits per heavy atom. The molecule has 0 radical (unpaired) electrons. The van der Waals surface area contributed by atoms with Crippen LogP contribution in [0.2, 0.25) is 0 Å². The second-order valence-corrected chi connectivity index (χ2v) is 18.0. The molecule has 6 rings (SSSR count). The Balaban J connectivity index is 0.000000894. The van der Waals surface area contributed by atoms with Gasteiger partial charge in [0.05, 0.1) is 14.2 Å². The van der Waals surface area contributed by atoms with Gasteiger partial charge in [0.25, 0.3) is 0 Å². The van der Waals surface area contributed by atoms with Crippen LogP contribution in [-0.4, -0.2) is 14.2 Å². The van der Waals surface area contributed by atoms with Gasteiger partial charge in [0.1, 0.15) is 11.5 Å². The monoisotopic (exact) mass is 749 g/mol. The maximum atomic E-state index is 5.79. The fourth-order valence-electron chi connectivity index (χ4n) is 7.17. The number of ether oxygens (including phenoxy) is 2. The standard InChI is InChI=1S/C41H46O2P2.C5H.Fe/c1-25-15-26(2)18-34(17-25)44(35-19-27(3)16-28(4)20-35)33(9)38-13-12-14-39(38)45(36-21-29(5)40(42-10)30(6)22-36)37-23-31(7)41(43-11)32(8)24-37;1-2-4-5-3-1;/h12,14-24,33H,1-11H3;1H;/q-2;-5;+2/t33-;;/m1../s1. The van der Waals surface area contributed by atoms with E-state index in [2.05, 4.69) is 165 Å².